The van der Waals surface area contributed by atoms with Gasteiger partial charge in [-0.15, -0.1) is 0 Å². The Morgan fingerprint density at radius 1 is 1.14 bits per heavy atom. The summed E-state index contributed by atoms with van der Waals surface area (Å²) in [6.07, 6.45) is 2.76. The minimum Gasteiger partial charge on any atom is -0.496 e. The van der Waals surface area contributed by atoms with Crippen molar-refractivity contribution in [2.45, 2.75) is 32.3 Å². The van der Waals surface area contributed by atoms with Crippen molar-refractivity contribution in [2.24, 2.45) is 0 Å². The lowest BCUT2D eigenvalue weighted by molar-refractivity contribution is -0.386. The standard InChI is InChI=1S/C21H25N3O5/c1-15(29-20-11-10-18(28-2)14-19(20)24(26)27)21(25)22-16-6-8-17(9-7-16)23-12-4-3-5-13-23/h6-11,14-15H,3-5,12-13H2,1-2H3,(H,22,25)/t15-/m0/s1. The lowest BCUT2D eigenvalue weighted by atomic mass is 10.1. The molecule has 1 fully saturated rings. The van der Waals surface area contributed by atoms with E-state index in [1.165, 1.54) is 38.5 Å². The van der Waals surface area contributed by atoms with Crippen LogP contribution < -0.4 is 19.7 Å². The average Bonchev–Trinajstić information content (AvgIpc) is 2.75. The molecule has 3 rings (SSSR count). The van der Waals surface area contributed by atoms with Crippen LogP contribution in [0.1, 0.15) is 26.2 Å². The number of nitro groups is 1. The van der Waals surface area contributed by atoms with Crippen LogP contribution in [0.25, 0.3) is 0 Å². The quantitative estimate of drug-likeness (QED) is 0.559. The van der Waals surface area contributed by atoms with Crippen molar-refractivity contribution in [3.8, 4) is 11.5 Å². The number of amides is 1. The first-order valence-electron chi connectivity index (χ1n) is 9.63. The van der Waals surface area contributed by atoms with Gasteiger partial charge >= 0.3 is 5.69 Å². The Kier molecular flexibility index (Phi) is 6.54. The molecular formula is C21H25N3O5. The molecule has 0 aliphatic carbocycles. The summed E-state index contributed by atoms with van der Waals surface area (Å²) in [5, 5.41) is 14.0. The van der Waals surface area contributed by atoms with Gasteiger partial charge < -0.3 is 19.7 Å². The number of nitro benzene ring substituents is 1. The summed E-state index contributed by atoms with van der Waals surface area (Å²) in [6, 6.07) is 11.9. The van der Waals surface area contributed by atoms with Crippen LogP contribution in [0.2, 0.25) is 0 Å². The number of nitrogens with one attached hydrogen (secondary N) is 1. The van der Waals surface area contributed by atoms with Crippen molar-refractivity contribution >= 4 is 23.0 Å². The van der Waals surface area contributed by atoms with Gasteiger partial charge in [-0.3, -0.25) is 14.9 Å². The summed E-state index contributed by atoms with van der Waals surface area (Å²) in [5.41, 5.74) is 1.53. The van der Waals surface area contributed by atoms with E-state index in [2.05, 4.69) is 10.2 Å². The number of rotatable bonds is 7. The van der Waals surface area contributed by atoms with Gasteiger partial charge in [0, 0.05) is 24.5 Å². The fraction of sp³-hybridized carbons (Fsp3) is 0.381. The van der Waals surface area contributed by atoms with Crippen LogP contribution in [0, 0.1) is 10.1 Å². The molecule has 1 aliphatic heterocycles. The topological polar surface area (TPSA) is 93.9 Å². The maximum absolute atomic E-state index is 12.5. The van der Waals surface area contributed by atoms with Crippen molar-refractivity contribution < 1.29 is 19.2 Å². The molecule has 154 valence electrons. The molecule has 1 saturated heterocycles. The Bertz CT molecular complexity index is 863. The van der Waals surface area contributed by atoms with Gasteiger partial charge in [0.2, 0.25) is 0 Å². The number of hydrogen-bond acceptors (Lipinski definition) is 6. The van der Waals surface area contributed by atoms with Crippen LogP contribution in [0.15, 0.2) is 42.5 Å². The van der Waals surface area contributed by atoms with Crippen molar-refractivity contribution in [3.05, 3.63) is 52.6 Å². The molecule has 0 spiro atoms. The lowest BCUT2D eigenvalue weighted by Gasteiger charge is -2.28. The first kappa shape index (κ1) is 20.4. The molecule has 0 radical (unpaired) electrons. The molecule has 0 aromatic heterocycles. The summed E-state index contributed by atoms with van der Waals surface area (Å²) in [4.78, 5) is 25.5. The monoisotopic (exact) mass is 399 g/mol. The predicted octanol–water partition coefficient (Wildman–Crippen LogP) is 4.00. The minimum atomic E-state index is -0.913. The van der Waals surface area contributed by atoms with E-state index in [0.717, 1.165) is 18.8 Å². The number of carbonyl (C=O) groups excluding carboxylic acids is 1. The summed E-state index contributed by atoms with van der Waals surface area (Å²) < 4.78 is 10.5. The van der Waals surface area contributed by atoms with Gasteiger partial charge in [-0.1, -0.05) is 0 Å². The van der Waals surface area contributed by atoms with Crippen LogP contribution in [-0.4, -0.2) is 37.1 Å². The average molecular weight is 399 g/mol. The highest BCUT2D eigenvalue weighted by Gasteiger charge is 2.22. The highest BCUT2D eigenvalue weighted by atomic mass is 16.6. The minimum absolute atomic E-state index is 0.0129. The fourth-order valence-corrected chi connectivity index (χ4v) is 3.26. The molecule has 29 heavy (non-hydrogen) atoms. The summed E-state index contributed by atoms with van der Waals surface area (Å²) in [6.45, 7) is 3.65. The molecule has 1 N–H and O–H groups in total. The van der Waals surface area contributed by atoms with Crippen molar-refractivity contribution in [1.82, 2.24) is 0 Å². The molecule has 0 saturated carbocycles. The van der Waals surface area contributed by atoms with E-state index in [0.29, 0.717) is 11.4 Å². The molecule has 0 bridgehead atoms. The molecule has 2 aromatic rings. The molecule has 8 heteroatoms. The summed E-state index contributed by atoms with van der Waals surface area (Å²) in [5.74, 6) is -0.0327. The number of ether oxygens (including phenoxy) is 2. The number of nitrogens with zero attached hydrogens (tertiary/aromatic N) is 2. The largest absolute Gasteiger partial charge is 0.496 e. The van der Waals surface area contributed by atoms with Crippen LogP contribution in [0.3, 0.4) is 0 Å². The maximum Gasteiger partial charge on any atom is 0.314 e. The number of piperidine rings is 1. The number of benzene rings is 2. The summed E-state index contributed by atoms with van der Waals surface area (Å²) in [7, 11) is 1.42. The predicted molar refractivity (Wildman–Crippen MR) is 111 cm³/mol. The SMILES string of the molecule is COc1ccc(O[C@@H](C)C(=O)Nc2ccc(N3CCCCC3)cc2)c([N+](=O)[O-])c1. The second-order valence-corrected chi connectivity index (χ2v) is 6.93. The van der Waals surface area contributed by atoms with E-state index in [1.807, 2.05) is 24.3 Å². The second-order valence-electron chi connectivity index (χ2n) is 6.93. The van der Waals surface area contributed by atoms with E-state index in [-0.39, 0.29) is 17.3 Å². The number of anilines is 2. The van der Waals surface area contributed by atoms with E-state index < -0.39 is 11.0 Å². The number of carbonyl (C=O) groups is 1. The zero-order valence-corrected chi connectivity index (χ0v) is 16.6. The number of hydrogen-bond donors (Lipinski definition) is 1. The van der Waals surface area contributed by atoms with Gasteiger partial charge in [-0.05, 0) is 62.6 Å². The van der Waals surface area contributed by atoms with Crippen LogP contribution in [0.4, 0.5) is 17.1 Å². The highest BCUT2D eigenvalue weighted by Crippen LogP contribution is 2.32. The second kappa shape index (κ2) is 9.27. The van der Waals surface area contributed by atoms with Crippen molar-refractivity contribution in [3.63, 3.8) is 0 Å². The van der Waals surface area contributed by atoms with Crippen LogP contribution in [0.5, 0.6) is 11.5 Å². The van der Waals surface area contributed by atoms with E-state index in [9.17, 15) is 14.9 Å². The van der Waals surface area contributed by atoms with Gasteiger partial charge in [0.25, 0.3) is 5.91 Å². The van der Waals surface area contributed by atoms with Gasteiger partial charge in [0.1, 0.15) is 5.75 Å². The van der Waals surface area contributed by atoms with Crippen molar-refractivity contribution in [1.29, 1.82) is 0 Å². The molecule has 1 atom stereocenters. The summed E-state index contributed by atoms with van der Waals surface area (Å²) >= 11 is 0. The normalized spacial score (nSPS) is 14.8. The molecule has 1 amide bonds. The van der Waals surface area contributed by atoms with E-state index in [1.54, 1.807) is 13.0 Å². The van der Waals surface area contributed by atoms with E-state index in [4.69, 9.17) is 9.47 Å². The third-order valence-electron chi connectivity index (χ3n) is 4.89. The molecule has 1 aliphatic rings. The highest BCUT2D eigenvalue weighted by molar-refractivity contribution is 5.94. The molecule has 0 unspecified atom stereocenters. The third kappa shape index (κ3) is 5.16. The first-order chi connectivity index (χ1) is 14.0. The van der Waals surface area contributed by atoms with Gasteiger partial charge in [0.05, 0.1) is 18.1 Å². The van der Waals surface area contributed by atoms with E-state index >= 15 is 0 Å². The molecule has 2 aromatic carbocycles. The fourth-order valence-electron chi connectivity index (χ4n) is 3.26. The Morgan fingerprint density at radius 3 is 2.45 bits per heavy atom. The smallest absolute Gasteiger partial charge is 0.314 e. The molecular weight excluding hydrogens is 374 g/mol. The maximum atomic E-state index is 12.5. The lowest BCUT2D eigenvalue weighted by Crippen LogP contribution is -2.30. The Morgan fingerprint density at radius 2 is 1.83 bits per heavy atom. The Hall–Kier alpha value is -3.29. The van der Waals surface area contributed by atoms with Gasteiger partial charge in [-0.2, -0.15) is 0 Å². The zero-order chi connectivity index (χ0) is 20.8. The van der Waals surface area contributed by atoms with Gasteiger partial charge in [-0.25, -0.2) is 0 Å². The van der Waals surface area contributed by atoms with Crippen LogP contribution >= 0.6 is 0 Å². The Labute approximate surface area is 169 Å². The molecule has 8 nitrogen and oxygen atoms in total. The third-order valence-corrected chi connectivity index (χ3v) is 4.89. The first-order valence-corrected chi connectivity index (χ1v) is 9.63. The number of methoxy groups -OCH3 is 1. The van der Waals surface area contributed by atoms with Gasteiger partial charge in [0.15, 0.2) is 11.9 Å². The van der Waals surface area contributed by atoms with Crippen molar-refractivity contribution in [2.75, 3.05) is 30.4 Å². The molecule has 1 heterocycles. The zero-order valence-electron chi connectivity index (χ0n) is 16.6. The van der Waals surface area contributed by atoms with Crippen LogP contribution in [-0.2, 0) is 4.79 Å². The Balaban J connectivity index is 1.63.